The molecule has 1 spiro atoms. The van der Waals surface area contributed by atoms with E-state index in [0.29, 0.717) is 24.5 Å². The molecule has 116 valence electrons. The van der Waals surface area contributed by atoms with Crippen LogP contribution < -0.4 is 4.74 Å². The van der Waals surface area contributed by atoms with Crippen molar-refractivity contribution in [1.82, 2.24) is 9.88 Å². The molecule has 0 atom stereocenters. The second kappa shape index (κ2) is 4.87. The average molecular weight is 301 g/mol. The van der Waals surface area contributed by atoms with Gasteiger partial charge >= 0.3 is 6.09 Å². The topological polar surface area (TPSA) is 75.5 Å². The smallest absolute Gasteiger partial charge is 0.411 e. The quantitative estimate of drug-likeness (QED) is 0.736. The van der Waals surface area contributed by atoms with Crippen molar-refractivity contribution in [3.05, 3.63) is 23.5 Å². The lowest BCUT2D eigenvalue weighted by atomic mass is 10.1. The van der Waals surface area contributed by atoms with Crippen LogP contribution in [0, 0.1) is 11.3 Å². The van der Waals surface area contributed by atoms with Crippen LogP contribution in [0.25, 0.3) is 0 Å². The van der Waals surface area contributed by atoms with Crippen LogP contribution in [0.15, 0.2) is 12.4 Å². The van der Waals surface area contributed by atoms with Crippen LogP contribution in [0.3, 0.4) is 0 Å². The molecule has 6 heteroatoms. The zero-order valence-corrected chi connectivity index (χ0v) is 13.0. The Morgan fingerprint density at radius 1 is 1.45 bits per heavy atom. The normalized spacial score (nSPS) is 18.7. The van der Waals surface area contributed by atoms with Crippen molar-refractivity contribution in [2.24, 2.45) is 0 Å². The average Bonchev–Trinajstić information content (AvgIpc) is 3.23. The third-order valence-corrected chi connectivity index (χ3v) is 3.92. The first-order valence-corrected chi connectivity index (χ1v) is 7.35. The lowest BCUT2D eigenvalue weighted by Gasteiger charge is -2.31. The Morgan fingerprint density at radius 2 is 2.18 bits per heavy atom. The first-order chi connectivity index (χ1) is 10.3. The van der Waals surface area contributed by atoms with Crippen molar-refractivity contribution in [1.29, 1.82) is 5.26 Å². The van der Waals surface area contributed by atoms with E-state index in [1.807, 2.05) is 20.8 Å². The molecule has 1 aliphatic carbocycles. The minimum atomic E-state index is -0.546. The van der Waals surface area contributed by atoms with Crippen molar-refractivity contribution < 1.29 is 14.3 Å². The van der Waals surface area contributed by atoms with E-state index in [4.69, 9.17) is 9.47 Å². The van der Waals surface area contributed by atoms with Crippen LogP contribution >= 0.6 is 0 Å². The molecule has 1 saturated carbocycles. The van der Waals surface area contributed by atoms with Crippen molar-refractivity contribution in [3.63, 3.8) is 0 Å². The molecule has 1 aromatic heterocycles. The number of carbonyl (C=O) groups excluding carboxylic acids is 1. The lowest BCUT2D eigenvalue weighted by Crippen LogP contribution is -2.46. The predicted octanol–water partition coefficient (Wildman–Crippen LogP) is 2.62. The van der Waals surface area contributed by atoms with Gasteiger partial charge < -0.3 is 9.47 Å². The number of rotatable bonds is 0. The van der Waals surface area contributed by atoms with Crippen LogP contribution in [0.5, 0.6) is 5.75 Å². The molecule has 3 rings (SSSR count). The molecule has 2 heterocycles. The molecule has 0 N–H and O–H groups in total. The summed E-state index contributed by atoms with van der Waals surface area (Å²) in [7, 11) is 0. The van der Waals surface area contributed by atoms with E-state index in [1.165, 1.54) is 6.20 Å². The number of ether oxygens (including phenoxy) is 2. The molecular formula is C16H19N3O3. The largest absolute Gasteiger partial charge is 0.489 e. The van der Waals surface area contributed by atoms with Crippen LogP contribution in [-0.2, 0) is 11.3 Å². The summed E-state index contributed by atoms with van der Waals surface area (Å²) in [6, 6.07) is 2.09. The highest BCUT2D eigenvalue weighted by Crippen LogP contribution is 2.46. The summed E-state index contributed by atoms with van der Waals surface area (Å²) in [5.41, 5.74) is 0.289. The monoisotopic (exact) mass is 301 g/mol. The number of amides is 1. The number of hydrogen-bond acceptors (Lipinski definition) is 5. The van der Waals surface area contributed by atoms with E-state index in [2.05, 4.69) is 11.1 Å². The van der Waals surface area contributed by atoms with Gasteiger partial charge in [0.2, 0.25) is 0 Å². The molecule has 0 unspecified atom stereocenters. The highest BCUT2D eigenvalue weighted by Gasteiger charge is 2.53. The van der Waals surface area contributed by atoms with Crippen molar-refractivity contribution in [2.75, 3.05) is 6.61 Å². The molecule has 1 aliphatic heterocycles. The van der Waals surface area contributed by atoms with Crippen LogP contribution in [0.1, 0.15) is 44.7 Å². The molecule has 1 fully saturated rings. The number of carbonyl (C=O) groups is 1. The summed E-state index contributed by atoms with van der Waals surface area (Å²) >= 11 is 0. The van der Waals surface area contributed by atoms with E-state index in [1.54, 1.807) is 11.1 Å². The maximum absolute atomic E-state index is 12.5. The number of nitrogens with zero attached hydrogens (tertiary/aromatic N) is 3. The van der Waals surface area contributed by atoms with Crippen LogP contribution in [-0.4, -0.2) is 33.7 Å². The summed E-state index contributed by atoms with van der Waals surface area (Å²) in [5, 5.41) is 9.18. The lowest BCUT2D eigenvalue weighted by molar-refractivity contribution is 0.00711. The molecule has 0 saturated heterocycles. The fourth-order valence-electron chi connectivity index (χ4n) is 2.61. The Bertz CT molecular complexity index is 654. The Morgan fingerprint density at radius 3 is 2.77 bits per heavy atom. The molecule has 1 aromatic rings. The van der Waals surface area contributed by atoms with Crippen LogP contribution in [0.4, 0.5) is 4.79 Å². The zero-order chi connectivity index (χ0) is 16.0. The van der Waals surface area contributed by atoms with Crippen molar-refractivity contribution in [3.8, 4) is 11.8 Å². The van der Waals surface area contributed by atoms with Gasteiger partial charge in [0.15, 0.2) is 0 Å². The number of nitriles is 1. The minimum absolute atomic E-state index is 0.311. The van der Waals surface area contributed by atoms with E-state index in [0.717, 1.165) is 18.4 Å². The highest BCUT2D eigenvalue weighted by molar-refractivity contribution is 5.70. The molecule has 1 amide bonds. The summed E-state index contributed by atoms with van der Waals surface area (Å²) in [5.74, 6) is 0.537. The maximum Gasteiger partial charge on any atom is 0.411 e. The van der Waals surface area contributed by atoms with Crippen molar-refractivity contribution >= 4 is 6.09 Å². The Hall–Kier alpha value is -2.29. The summed E-state index contributed by atoms with van der Waals surface area (Å²) in [6.07, 6.45) is 4.56. The second-order valence-electron chi connectivity index (χ2n) is 6.87. The SMILES string of the molecule is CC(C)(C)OC(=O)N1Cc2cncc(C#N)c2OCC12CC2. The number of fused-ring (bicyclic) bond motifs is 1. The van der Waals surface area contributed by atoms with Crippen molar-refractivity contribution in [2.45, 2.75) is 51.3 Å². The predicted molar refractivity (Wildman–Crippen MR) is 78.2 cm³/mol. The maximum atomic E-state index is 12.5. The first kappa shape index (κ1) is 14.6. The third-order valence-electron chi connectivity index (χ3n) is 3.92. The van der Waals surface area contributed by atoms with Gasteiger partial charge in [-0.05, 0) is 33.6 Å². The van der Waals surface area contributed by atoms with E-state index in [9.17, 15) is 10.1 Å². The van der Waals surface area contributed by atoms with Gasteiger partial charge in [0.25, 0.3) is 0 Å². The summed E-state index contributed by atoms with van der Waals surface area (Å²) in [4.78, 5) is 18.3. The second-order valence-corrected chi connectivity index (χ2v) is 6.87. The Balaban J connectivity index is 1.93. The fourth-order valence-corrected chi connectivity index (χ4v) is 2.61. The fraction of sp³-hybridized carbons (Fsp3) is 0.562. The van der Waals surface area contributed by atoms with Gasteiger partial charge in [-0.25, -0.2) is 4.79 Å². The first-order valence-electron chi connectivity index (χ1n) is 7.35. The summed E-state index contributed by atoms with van der Waals surface area (Å²) < 4.78 is 11.4. The Labute approximate surface area is 129 Å². The van der Waals surface area contributed by atoms with Gasteiger partial charge in [-0.3, -0.25) is 9.88 Å². The van der Waals surface area contributed by atoms with Gasteiger partial charge in [0, 0.05) is 18.0 Å². The number of aromatic nitrogens is 1. The third kappa shape index (κ3) is 2.59. The van der Waals surface area contributed by atoms with E-state index >= 15 is 0 Å². The minimum Gasteiger partial charge on any atom is -0.489 e. The van der Waals surface area contributed by atoms with Crippen LogP contribution in [0.2, 0.25) is 0 Å². The molecule has 0 radical (unpaired) electrons. The van der Waals surface area contributed by atoms with E-state index in [-0.39, 0.29) is 11.6 Å². The van der Waals surface area contributed by atoms with Gasteiger partial charge in [0.05, 0.1) is 12.1 Å². The highest BCUT2D eigenvalue weighted by atomic mass is 16.6. The zero-order valence-electron chi connectivity index (χ0n) is 13.0. The molecular weight excluding hydrogens is 282 g/mol. The van der Waals surface area contributed by atoms with Gasteiger partial charge in [0.1, 0.15) is 29.6 Å². The summed E-state index contributed by atoms with van der Waals surface area (Å²) in [6.45, 7) is 6.29. The molecule has 0 aromatic carbocycles. The molecule has 6 nitrogen and oxygen atoms in total. The van der Waals surface area contributed by atoms with Gasteiger partial charge in [-0.1, -0.05) is 0 Å². The number of hydrogen-bond donors (Lipinski definition) is 0. The Kier molecular flexibility index (Phi) is 3.24. The molecule has 0 bridgehead atoms. The molecule has 22 heavy (non-hydrogen) atoms. The molecule has 2 aliphatic rings. The standard InChI is InChI=1S/C16H19N3O3/c1-15(2,3)22-14(20)19-9-12-8-18-7-11(6-17)13(12)21-10-16(19)4-5-16/h7-8H,4-5,9-10H2,1-3H3. The van der Waals surface area contributed by atoms with Gasteiger partial charge in [-0.15, -0.1) is 0 Å². The van der Waals surface area contributed by atoms with E-state index < -0.39 is 5.60 Å². The van der Waals surface area contributed by atoms with Gasteiger partial charge in [-0.2, -0.15) is 5.26 Å². The number of pyridine rings is 1.